The Balaban J connectivity index is 1.87. The van der Waals surface area contributed by atoms with Crippen LogP contribution < -0.4 is 4.74 Å². The van der Waals surface area contributed by atoms with Crippen molar-refractivity contribution in [1.29, 1.82) is 10.5 Å². The van der Waals surface area contributed by atoms with E-state index in [0.29, 0.717) is 24.3 Å². The highest BCUT2D eigenvalue weighted by Gasteiger charge is 2.52. The maximum absolute atomic E-state index is 13.9. The monoisotopic (exact) mass is 487 g/mol. The van der Waals surface area contributed by atoms with Gasteiger partial charge in [-0.3, -0.25) is 0 Å². The number of hydrogen-bond acceptors (Lipinski definition) is 7. The van der Waals surface area contributed by atoms with Gasteiger partial charge < -0.3 is 19.5 Å². The average molecular weight is 487 g/mol. The van der Waals surface area contributed by atoms with Crippen molar-refractivity contribution >= 4 is 11.4 Å². The van der Waals surface area contributed by atoms with Crippen LogP contribution in [-0.4, -0.2) is 50.5 Å². The van der Waals surface area contributed by atoms with Crippen LogP contribution in [0.1, 0.15) is 16.7 Å². The Bertz CT molecular complexity index is 1130. The predicted molar refractivity (Wildman–Crippen MR) is 102 cm³/mol. The molecule has 0 bridgehead atoms. The third kappa shape index (κ3) is 4.88. The molecule has 1 aliphatic rings. The summed E-state index contributed by atoms with van der Waals surface area (Å²) < 4.78 is 85.8. The first-order valence-corrected chi connectivity index (χ1v) is 10.2. The highest BCUT2D eigenvalue weighted by atomic mass is 32.2. The number of β-amino-alcohol motifs (C(OH)–C–C–N with tert-alkyl or cyclic N) is 1. The second-order valence-corrected chi connectivity index (χ2v) is 8.59. The minimum atomic E-state index is -4.72. The first kappa shape index (κ1) is 24.7. The van der Waals surface area contributed by atoms with Gasteiger partial charge in [0, 0.05) is 12.1 Å². The Morgan fingerprint density at radius 3 is 2.33 bits per heavy atom. The number of benzene rings is 2. The van der Waals surface area contributed by atoms with Gasteiger partial charge in [0.2, 0.25) is 0 Å². The minimum absolute atomic E-state index is 0.262. The van der Waals surface area contributed by atoms with E-state index in [-0.39, 0.29) is 11.4 Å². The van der Waals surface area contributed by atoms with Crippen LogP contribution in [0, 0.1) is 34.3 Å². The van der Waals surface area contributed by atoms with Gasteiger partial charge in [-0.2, -0.15) is 23.7 Å². The zero-order valence-electron chi connectivity index (χ0n) is 16.4. The largest absolute Gasteiger partial charge is 0.593 e. The molecule has 13 heteroatoms. The topological polar surface area (TPSA) is 124 Å². The van der Waals surface area contributed by atoms with Crippen LogP contribution in [0.5, 0.6) is 5.75 Å². The maximum atomic E-state index is 13.9. The van der Waals surface area contributed by atoms with E-state index >= 15 is 0 Å². The van der Waals surface area contributed by atoms with Crippen LogP contribution in [0.15, 0.2) is 35.2 Å². The summed E-state index contributed by atoms with van der Waals surface area (Å²) in [6.45, 7) is -1.78. The number of halogens is 5. The summed E-state index contributed by atoms with van der Waals surface area (Å²) in [6, 6.07) is 6.34. The van der Waals surface area contributed by atoms with E-state index in [4.69, 9.17) is 10.00 Å². The first-order chi connectivity index (χ1) is 15.4. The van der Waals surface area contributed by atoms with Gasteiger partial charge in [-0.05, 0) is 18.2 Å². The van der Waals surface area contributed by atoms with Crippen molar-refractivity contribution in [3.63, 3.8) is 0 Å². The van der Waals surface area contributed by atoms with E-state index in [1.54, 1.807) is 6.07 Å². The Morgan fingerprint density at radius 2 is 1.82 bits per heavy atom. The summed E-state index contributed by atoms with van der Waals surface area (Å²) in [6.07, 6.45) is -6.08. The molecule has 0 amide bonds. The summed E-state index contributed by atoms with van der Waals surface area (Å²) in [5.41, 5.74) is -4.52. The van der Waals surface area contributed by atoms with Gasteiger partial charge in [-0.25, -0.2) is 8.78 Å². The summed E-state index contributed by atoms with van der Waals surface area (Å²) in [4.78, 5) is -0.262. The fourth-order valence-corrected chi connectivity index (χ4v) is 4.59. The minimum Gasteiger partial charge on any atom is -0.593 e. The van der Waals surface area contributed by atoms with E-state index in [2.05, 4.69) is 0 Å². The van der Waals surface area contributed by atoms with Crippen molar-refractivity contribution in [2.75, 3.05) is 19.7 Å². The number of nitrogens with zero attached hydrogens (tertiary/aromatic N) is 3. The molecule has 1 fully saturated rings. The lowest BCUT2D eigenvalue weighted by molar-refractivity contribution is -0.137. The normalized spacial score (nSPS) is 21.9. The summed E-state index contributed by atoms with van der Waals surface area (Å²) in [7, 11) is 0. The predicted octanol–water partition coefficient (Wildman–Crippen LogP) is 2.24. The molecular weight excluding hydrogens is 473 g/mol. The van der Waals surface area contributed by atoms with E-state index in [1.165, 1.54) is 6.07 Å². The van der Waals surface area contributed by atoms with Gasteiger partial charge >= 0.3 is 6.18 Å². The van der Waals surface area contributed by atoms with Gasteiger partial charge in [0.1, 0.15) is 52.4 Å². The fraction of sp³-hybridized carbons (Fsp3) is 0.300. The third-order valence-corrected chi connectivity index (χ3v) is 6.43. The Hall–Kier alpha value is -2.94. The van der Waals surface area contributed by atoms with Crippen molar-refractivity contribution in [2.45, 2.75) is 22.8 Å². The smallest absolute Gasteiger partial charge is 0.416 e. The third-order valence-electron chi connectivity index (χ3n) is 4.95. The zero-order valence-corrected chi connectivity index (χ0v) is 17.3. The number of hydrogen-bond donors (Lipinski definition) is 2. The second-order valence-electron chi connectivity index (χ2n) is 7.13. The molecule has 0 radical (unpaired) electrons. The quantitative estimate of drug-likeness (QED) is 0.490. The van der Waals surface area contributed by atoms with E-state index < -0.39 is 76.5 Å². The maximum Gasteiger partial charge on any atom is 0.416 e. The molecule has 2 N–H and O–H groups in total. The summed E-state index contributed by atoms with van der Waals surface area (Å²) in [5, 5.41) is 38.3. The molecule has 0 aliphatic carbocycles. The molecule has 2 aromatic rings. The number of aliphatic hydroxyl groups is 2. The number of ether oxygens (including phenoxy) is 1. The molecule has 0 spiro atoms. The highest BCUT2D eigenvalue weighted by Crippen LogP contribution is 2.35. The van der Waals surface area contributed by atoms with Crippen LogP contribution in [0.4, 0.5) is 22.0 Å². The van der Waals surface area contributed by atoms with Crippen molar-refractivity contribution in [3.8, 4) is 17.9 Å². The van der Waals surface area contributed by atoms with Gasteiger partial charge in [-0.15, -0.1) is 4.31 Å². The lowest BCUT2D eigenvalue weighted by atomic mass is 10.0. The Kier molecular flexibility index (Phi) is 6.83. The van der Waals surface area contributed by atoms with E-state index in [0.717, 1.165) is 10.4 Å². The molecule has 2 unspecified atom stereocenters. The molecular formula is C20H14F5N3O4S. The van der Waals surface area contributed by atoms with Crippen LogP contribution in [0.3, 0.4) is 0 Å². The van der Waals surface area contributed by atoms with Gasteiger partial charge in [0.05, 0.1) is 36.6 Å². The van der Waals surface area contributed by atoms with Gasteiger partial charge in [-0.1, -0.05) is 0 Å². The molecule has 2 aromatic carbocycles. The molecule has 0 saturated carbocycles. The highest BCUT2D eigenvalue weighted by molar-refractivity contribution is 7.89. The van der Waals surface area contributed by atoms with Crippen molar-refractivity contribution in [2.24, 2.45) is 0 Å². The first-order valence-electron chi connectivity index (χ1n) is 9.10. The molecule has 174 valence electrons. The Morgan fingerprint density at radius 1 is 1.18 bits per heavy atom. The number of rotatable bonds is 5. The molecule has 1 saturated heterocycles. The number of alkyl halides is 3. The van der Waals surface area contributed by atoms with Crippen molar-refractivity contribution < 1.29 is 41.5 Å². The Labute approximate surface area is 187 Å². The van der Waals surface area contributed by atoms with E-state index in [1.807, 2.05) is 0 Å². The van der Waals surface area contributed by atoms with Gasteiger partial charge in [0.25, 0.3) is 0 Å². The average Bonchev–Trinajstić information content (AvgIpc) is 3.08. The standard InChI is InChI=1S/C20H14F5N3O4S/c21-15-4-13(5-16(22)14(15)7-27)32-18-8-28(9-19(18,30)10-29)33(31)17-2-1-12(20(23,24)25)3-11(17)6-26/h1-5,18,29-30H,8-10H2/t18-,19?,33?/m0/s1. The van der Waals surface area contributed by atoms with Crippen molar-refractivity contribution in [1.82, 2.24) is 4.31 Å². The van der Waals surface area contributed by atoms with Crippen LogP contribution in [-0.2, 0) is 17.5 Å². The zero-order chi connectivity index (χ0) is 24.6. The molecule has 3 rings (SSSR count). The SMILES string of the molecule is N#Cc1cc(C(F)(F)F)ccc1[S+]([O-])N1C[C@H](Oc2cc(F)c(C#N)c(F)c2)C(O)(CO)C1. The summed E-state index contributed by atoms with van der Waals surface area (Å²) in [5.74, 6) is -2.86. The van der Waals surface area contributed by atoms with Crippen molar-refractivity contribution in [3.05, 3.63) is 58.7 Å². The van der Waals surface area contributed by atoms with Crippen LogP contribution in [0.25, 0.3) is 0 Å². The molecule has 1 aliphatic heterocycles. The lowest BCUT2D eigenvalue weighted by Gasteiger charge is -2.26. The number of aliphatic hydroxyl groups excluding tert-OH is 1. The lowest BCUT2D eigenvalue weighted by Crippen LogP contribution is -2.48. The van der Waals surface area contributed by atoms with Crippen LogP contribution in [0.2, 0.25) is 0 Å². The molecule has 33 heavy (non-hydrogen) atoms. The van der Waals surface area contributed by atoms with Crippen LogP contribution >= 0.6 is 0 Å². The number of nitriles is 2. The summed E-state index contributed by atoms with van der Waals surface area (Å²) >= 11 is -2.24. The van der Waals surface area contributed by atoms with E-state index in [9.17, 15) is 42.0 Å². The molecule has 7 nitrogen and oxygen atoms in total. The molecule has 3 atom stereocenters. The fourth-order valence-electron chi connectivity index (χ4n) is 3.23. The molecule has 0 aromatic heterocycles. The molecule has 1 heterocycles. The second kappa shape index (κ2) is 9.13. The van der Waals surface area contributed by atoms with Gasteiger partial charge in [0.15, 0.2) is 4.90 Å².